The van der Waals surface area contributed by atoms with Crippen molar-refractivity contribution in [3.63, 3.8) is 0 Å². The molecule has 1 aromatic carbocycles. The number of carbonyl (C=O) groups is 3. The highest BCUT2D eigenvalue weighted by molar-refractivity contribution is 6.06. The average Bonchev–Trinajstić information content (AvgIpc) is 3.04. The van der Waals surface area contributed by atoms with Gasteiger partial charge in [-0.15, -0.1) is 0 Å². The largest absolute Gasteiger partial charge is 0.497 e. The fourth-order valence-corrected chi connectivity index (χ4v) is 3.92. The lowest BCUT2D eigenvalue weighted by Crippen LogP contribution is -2.37. The second-order valence-electron chi connectivity index (χ2n) is 8.23. The van der Waals surface area contributed by atoms with Crippen LogP contribution >= 0.6 is 0 Å². The Kier molecular flexibility index (Phi) is 8.63. The Morgan fingerprint density at radius 1 is 1.12 bits per heavy atom. The van der Waals surface area contributed by atoms with Gasteiger partial charge in [-0.05, 0) is 56.9 Å². The van der Waals surface area contributed by atoms with Gasteiger partial charge >= 0.3 is 5.97 Å². The number of hydrogen-bond donors (Lipinski definition) is 0. The summed E-state index contributed by atoms with van der Waals surface area (Å²) in [6.45, 7) is 10.6. The van der Waals surface area contributed by atoms with Crippen LogP contribution in [0, 0.1) is 19.8 Å². The lowest BCUT2D eigenvalue weighted by Gasteiger charge is -2.23. The number of ketones is 1. The Hall–Kier alpha value is -3.09. The molecule has 0 aliphatic rings. The van der Waals surface area contributed by atoms with Gasteiger partial charge in [-0.1, -0.05) is 19.9 Å². The lowest BCUT2D eigenvalue weighted by atomic mass is 10.0. The number of amides is 1. The van der Waals surface area contributed by atoms with Crippen molar-refractivity contribution in [2.24, 2.45) is 5.92 Å². The molecule has 0 radical (unpaired) electrons. The smallest absolute Gasteiger partial charge is 0.354 e. The standard InChI is InChI=1S/C25H34N2O5/c1-8-27-18(5)22(17(4)23(27)25(30)32-7)21(28)15-26(13-12-16(2)3)24(29)19-10-9-11-20(14-19)31-6/h9-11,14,16H,8,12-13,15H2,1-7H3. The highest BCUT2D eigenvalue weighted by Gasteiger charge is 2.28. The van der Waals surface area contributed by atoms with E-state index in [1.54, 1.807) is 47.8 Å². The first-order valence-electron chi connectivity index (χ1n) is 10.9. The minimum absolute atomic E-state index is 0.0707. The normalized spacial score (nSPS) is 10.9. The number of ether oxygens (including phenoxy) is 2. The molecule has 0 aliphatic carbocycles. The molecule has 0 aliphatic heterocycles. The Labute approximate surface area is 190 Å². The third-order valence-corrected chi connectivity index (χ3v) is 5.66. The first-order valence-corrected chi connectivity index (χ1v) is 10.9. The molecule has 174 valence electrons. The third-order valence-electron chi connectivity index (χ3n) is 5.66. The Morgan fingerprint density at radius 3 is 2.38 bits per heavy atom. The summed E-state index contributed by atoms with van der Waals surface area (Å²) in [6, 6.07) is 6.92. The van der Waals surface area contributed by atoms with Crippen LogP contribution in [0.15, 0.2) is 24.3 Å². The van der Waals surface area contributed by atoms with E-state index in [4.69, 9.17) is 9.47 Å². The van der Waals surface area contributed by atoms with Gasteiger partial charge in [0.15, 0.2) is 5.78 Å². The molecule has 1 amide bonds. The molecule has 1 aromatic heterocycles. The van der Waals surface area contributed by atoms with Gasteiger partial charge in [0.2, 0.25) is 0 Å². The van der Waals surface area contributed by atoms with E-state index in [1.165, 1.54) is 7.11 Å². The lowest BCUT2D eigenvalue weighted by molar-refractivity contribution is 0.0587. The monoisotopic (exact) mass is 442 g/mol. The number of aromatic nitrogens is 1. The molecule has 2 aromatic rings. The van der Waals surface area contributed by atoms with E-state index in [9.17, 15) is 14.4 Å². The first kappa shape index (κ1) is 25.2. The summed E-state index contributed by atoms with van der Waals surface area (Å²) in [5.41, 5.74) is 2.60. The van der Waals surface area contributed by atoms with Gasteiger partial charge < -0.3 is 18.9 Å². The fraction of sp³-hybridized carbons (Fsp3) is 0.480. The van der Waals surface area contributed by atoms with Crippen LogP contribution < -0.4 is 4.74 Å². The van der Waals surface area contributed by atoms with Crippen LogP contribution in [0.2, 0.25) is 0 Å². The van der Waals surface area contributed by atoms with Gasteiger partial charge in [-0.25, -0.2) is 4.79 Å². The Morgan fingerprint density at radius 2 is 1.81 bits per heavy atom. The molecule has 0 saturated carbocycles. The van der Waals surface area contributed by atoms with Crippen molar-refractivity contribution in [3.05, 3.63) is 52.3 Å². The van der Waals surface area contributed by atoms with E-state index in [1.807, 2.05) is 13.8 Å². The molecule has 0 saturated heterocycles. The number of hydrogen-bond acceptors (Lipinski definition) is 5. The summed E-state index contributed by atoms with van der Waals surface area (Å²) >= 11 is 0. The molecule has 0 bridgehead atoms. The van der Waals surface area contributed by atoms with E-state index in [0.29, 0.717) is 52.8 Å². The van der Waals surface area contributed by atoms with Crippen molar-refractivity contribution >= 4 is 17.7 Å². The molecule has 2 rings (SSSR count). The van der Waals surface area contributed by atoms with Gasteiger partial charge in [-0.2, -0.15) is 0 Å². The topological polar surface area (TPSA) is 77.8 Å². The zero-order valence-corrected chi connectivity index (χ0v) is 20.2. The zero-order chi connectivity index (χ0) is 24.0. The summed E-state index contributed by atoms with van der Waals surface area (Å²) in [5, 5.41) is 0. The minimum atomic E-state index is -0.476. The number of carbonyl (C=O) groups excluding carboxylic acids is 3. The maximum atomic E-state index is 13.4. The van der Waals surface area contributed by atoms with E-state index in [-0.39, 0.29) is 18.2 Å². The second kappa shape index (κ2) is 11.0. The maximum Gasteiger partial charge on any atom is 0.354 e. The number of rotatable bonds is 10. The minimum Gasteiger partial charge on any atom is -0.497 e. The van der Waals surface area contributed by atoms with Gasteiger partial charge in [0.05, 0.1) is 20.8 Å². The Balaban J connectivity index is 2.41. The molecular formula is C25H34N2O5. The quantitative estimate of drug-likeness (QED) is 0.405. The third kappa shape index (κ3) is 5.39. The Bertz CT molecular complexity index is 990. The summed E-state index contributed by atoms with van der Waals surface area (Å²) in [6.07, 6.45) is 0.768. The van der Waals surface area contributed by atoms with E-state index in [0.717, 1.165) is 6.42 Å². The van der Waals surface area contributed by atoms with Crippen LogP contribution in [0.1, 0.15) is 69.7 Å². The van der Waals surface area contributed by atoms with E-state index in [2.05, 4.69) is 13.8 Å². The van der Waals surface area contributed by atoms with E-state index >= 15 is 0 Å². The van der Waals surface area contributed by atoms with Gasteiger partial charge in [0.25, 0.3) is 5.91 Å². The highest BCUT2D eigenvalue weighted by atomic mass is 16.5. The van der Waals surface area contributed by atoms with Crippen molar-refractivity contribution in [1.82, 2.24) is 9.47 Å². The van der Waals surface area contributed by atoms with Crippen LogP contribution in [0.4, 0.5) is 0 Å². The molecule has 0 fully saturated rings. The number of esters is 1. The van der Waals surface area contributed by atoms with Crippen LogP contribution in [0.3, 0.4) is 0 Å². The summed E-state index contributed by atoms with van der Waals surface area (Å²) in [5.74, 6) is 0.0611. The highest BCUT2D eigenvalue weighted by Crippen LogP contribution is 2.24. The SMILES string of the molecule is CCn1c(C)c(C(=O)CN(CCC(C)C)C(=O)c2cccc(OC)c2)c(C)c1C(=O)OC. The van der Waals surface area contributed by atoms with Gasteiger partial charge in [0, 0.05) is 29.9 Å². The number of methoxy groups -OCH3 is 2. The summed E-state index contributed by atoms with van der Waals surface area (Å²) in [7, 11) is 2.87. The number of nitrogens with zero attached hydrogens (tertiary/aromatic N) is 2. The predicted molar refractivity (Wildman–Crippen MR) is 124 cm³/mol. The zero-order valence-electron chi connectivity index (χ0n) is 20.2. The molecular weight excluding hydrogens is 408 g/mol. The van der Waals surface area contributed by atoms with E-state index < -0.39 is 5.97 Å². The molecule has 0 unspecified atom stereocenters. The average molecular weight is 443 g/mol. The van der Waals surface area contributed by atoms with Crippen LogP contribution in [-0.4, -0.2) is 54.4 Å². The molecule has 0 spiro atoms. The second-order valence-corrected chi connectivity index (χ2v) is 8.23. The number of Topliss-reactive ketones (excluding diaryl/α,β-unsaturated/α-hetero) is 1. The maximum absolute atomic E-state index is 13.4. The fourth-order valence-electron chi connectivity index (χ4n) is 3.92. The summed E-state index contributed by atoms with van der Waals surface area (Å²) in [4.78, 5) is 40.6. The first-order chi connectivity index (χ1) is 15.2. The molecule has 32 heavy (non-hydrogen) atoms. The van der Waals surface area contributed by atoms with Crippen molar-refractivity contribution in [3.8, 4) is 5.75 Å². The van der Waals surface area contributed by atoms with Crippen LogP contribution in [-0.2, 0) is 11.3 Å². The predicted octanol–water partition coefficient (Wildman–Crippen LogP) is 4.29. The van der Waals surface area contributed by atoms with Crippen molar-refractivity contribution in [2.75, 3.05) is 27.3 Å². The molecule has 0 N–H and O–H groups in total. The van der Waals surface area contributed by atoms with Crippen molar-refractivity contribution in [2.45, 2.75) is 47.6 Å². The van der Waals surface area contributed by atoms with Crippen LogP contribution in [0.5, 0.6) is 5.75 Å². The van der Waals surface area contributed by atoms with Crippen LogP contribution in [0.25, 0.3) is 0 Å². The van der Waals surface area contributed by atoms with Crippen molar-refractivity contribution in [1.29, 1.82) is 0 Å². The molecule has 0 atom stereocenters. The van der Waals surface area contributed by atoms with Crippen molar-refractivity contribution < 1.29 is 23.9 Å². The van der Waals surface area contributed by atoms with Gasteiger partial charge in [0.1, 0.15) is 11.4 Å². The van der Waals surface area contributed by atoms with Gasteiger partial charge in [-0.3, -0.25) is 9.59 Å². The number of benzene rings is 1. The molecule has 1 heterocycles. The molecule has 7 heteroatoms. The molecule has 7 nitrogen and oxygen atoms in total. The summed E-state index contributed by atoms with van der Waals surface area (Å²) < 4.78 is 12.0.